The van der Waals surface area contributed by atoms with Gasteiger partial charge >= 0.3 is 0 Å². The monoisotopic (exact) mass is 383 g/mol. The van der Waals surface area contributed by atoms with Crippen molar-refractivity contribution in [1.29, 1.82) is 0 Å². The van der Waals surface area contributed by atoms with Gasteiger partial charge in [0.2, 0.25) is 11.8 Å². The zero-order valence-corrected chi connectivity index (χ0v) is 14.8. The molecule has 0 spiro atoms. The van der Waals surface area contributed by atoms with Crippen LogP contribution < -0.4 is 16.0 Å². The van der Waals surface area contributed by atoms with Crippen LogP contribution in [0.25, 0.3) is 0 Å². The third-order valence-corrected chi connectivity index (χ3v) is 4.08. The Bertz CT molecular complexity index is 799. The molecule has 5 nitrogen and oxygen atoms in total. The molecule has 0 heterocycles. The van der Waals surface area contributed by atoms with Crippen LogP contribution in [0.2, 0.25) is 10.0 Å². The standard InChI is InChI=1S/C17H16Cl2FN3O2/c1-10-12(18)3-2-4-14(10)23-17(25)9-22-16(24)8-21-15-6-5-11(20)7-13(15)19/h2-7,21H,8-9H2,1H3,(H,22,24)(H,23,25). The average Bonchev–Trinajstić information content (AvgIpc) is 2.56. The minimum Gasteiger partial charge on any atom is -0.375 e. The quantitative estimate of drug-likeness (QED) is 0.713. The number of carbonyl (C=O) groups is 2. The van der Waals surface area contributed by atoms with Gasteiger partial charge in [-0.05, 0) is 42.8 Å². The van der Waals surface area contributed by atoms with Crippen LogP contribution in [-0.4, -0.2) is 24.9 Å². The number of nitrogens with one attached hydrogen (secondary N) is 3. The maximum Gasteiger partial charge on any atom is 0.243 e. The van der Waals surface area contributed by atoms with Gasteiger partial charge in [-0.3, -0.25) is 9.59 Å². The van der Waals surface area contributed by atoms with Gasteiger partial charge in [-0.2, -0.15) is 0 Å². The van der Waals surface area contributed by atoms with Crippen LogP contribution in [0, 0.1) is 12.7 Å². The van der Waals surface area contributed by atoms with Gasteiger partial charge in [0.1, 0.15) is 5.82 Å². The van der Waals surface area contributed by atoms with E-state index in [-0.39, 0.29) is 24.0 Å². The van der Waals surface area contributed by atoms with Crippen LogP contribution in [0.4, 0.5) is 15.8 Å². The maximum absolute atomic E-state index is 12.9. The van der Waals surface area contributed by atoms with E-state index in [1.807, 2.05) is 0 Å². The van der Waals surface area contributed by atoms with Gasteiger partial charge in [0.05, 0.1) is 23.8 Å². The van der Waals surface area contributed by atoms with E-state index >= 15 is 0 Å². The molecule has 0 fully saturated rings. The van der Waals surface area contributed by atoms with Crippen LogP contribution in [-0.2, 0) is 9.59 Å². The second-order valence-corrected chi connectivity index (χ2v) is 6.03. The molecule has 0 saturated carbocycles. The van der Waals surface area contributed by atoms with Crippen LogP contribution in [0.15, 0.2) is 36.4 Å². The molecule has 25 heavy (non-hydrogen) atoms. The summed E-state index contributed by atoms with van der Waals surface area (Å²) in [6.45, 7) is 1.49. The molecule has 0 bridgehead atoms. The highest BCUT2D eigenvalue weighted by Gasteiger charge is 2.09. The number of hydrogen-bond acceptors (Lipinski definition) is 3. The highest BCUT2D eigenvalue weighted by atomic mass is 35.5. The van der Waals surface area contributed by atoms with Crippen LogP contribution >= 0.6 is 23.2 Å². The highest BCUT2D eigenvalue weighted by molar-refractivity contribution is 6.33. The van der Waals surface area contributed by atoms with E-state index in [1.54, 1.807) is 25.1 Å². The Morgan fingerprint density at radius 1 is 1.00 bits per heavy atom. The lowest BCUT2D eigenvalue weighted by molar-refractivity contribution is -0.122. The predicted molar refractivity (Wildman–Crippen MR) is 97.7 cm³/mol. The van der Waals surface area contributed by atoms with Gasteiger partial charge in [-0.25, -0.2) is 4.39 Å². The largest absolute Gasteiger partial charge is 0.375 e. The van der Waals surface area contributed by atoms with Crippen molar-refractivity contribution in [2.75, 3.05) is 23.7 Å². The summed E-state index contributed by atoms with van der Waals surface area (Å²) in [5.41, 5.74) is 1.76. The topological polar surface area (TPSA) is 70.2 Å². The number of carbonyl (C=O) groups excluding carboxylic acids is 2. The van der Waals surface area contributed by atoms with Crippen molar-refractivity contribution in [3.05, 3.63) is 57.8 Å². The summed E-state index contributed by atoms with van der Waals surface area (Å²) >= 11 is 11.8. The van der Waals surface area contributed by atoms with E-state index in [0.717, 1.165) is 11.6 Å². The minimum atomic E-state index is -0.465. The molecule has 0 aromatic heterocycles. The van der Waals surface area contributed by atoms with E-state index < -0.39 is 11.7 Å². The molecule has 3 N–H and O–H groups in total. The van der Waals surface area contributed by atoms with E-state index in [9.17, 15) is 14.0 Å². The van der Waals surface area contributed by atoms with Crippen LogP contribution in [0.1, 0.15) is 5.56 Å². The van der Waals surface area contributed by atoms with Crippen molar-refractivity contribution in [1.82, 2.24) is 5.32 Å². The van der Waals surface area contributed by atoms with Crippen molar-refractivity contribution in [2.45, 2.75) is 6.92 Å². The Labute approximate surface area is 154 Å². The lowest BCUT2D eigenvalue weighted by Crippen LogP contribution is -2.36. The average molecular weight is 384 g/mol. The molecule has 0 aliphatic rings. The first-order chi connectivity index (χ1) is 11.9. The fourth-order valence-electron chi connectivity index (χ4n) is 1.99. The van der Waals surface area contributed by atoms with Crippen molar-refractivity contribution in [3.8, 4) is 0 Å². The van der Waals surface area contributed by atoms with E-state index in [2.05, 4.69) is 16.0 Å². The molecule has 0 aliphatic heterocycles. The molecule has 2 amide bonds. The Morgan fingerprint density at radius 2 is 1.76 bits per heavy atom. The summed E-state index contributed by atoms with van der Waals surface area (Å²) < 4.78 is 12.9. The fourth-order valence-corrected chi connectivity index (χ4v) is 2.40. The van der Waals surface area contributed by atoms with E-state index in [0.29, 0.717) is 16.4 Å². The van der Waals surface area contributed by atoms with Crippen LogP contribution in [0.3, 0.4) is 0 Å². The summed E-state index contributed by atoms with van der Waals surface area (Å²) in [7, 11) is 0. The number of halogens is 3. The first-order valence-corrected chi connectivity index (χ1v) is 8.13. The molecule has 2 aromatic rings. The van der Waals surface area contributed by atoms with Gasteiger partial charge in [0.15, 0.2) is 0 Å². The van der Waals surface area contributed by atoms with E-state index in [1.165, 1.54) is 12.1 Å². The summed E-state index contributed by atoms with van der Waals surface area (Å²) in [6, 6.07) is 8.97. The Balaban J connectivity index is 1.79. The van der Waals surface area contributed by atoms with Crippen molar-refractivity contribution < 1.29 is 14.0 Å². The van der Waals surface area contributed by atoms with Crippen molar-refractivity contribution in [3.63, 3.8) is 0 Å². The molecule has 0 saturated heterocycles. The summed E-state index contributed by atoms with van der Waals surface area (Å²) in [5.74, 6) is -1.25. The van der Waals surface area contributed by atoms with Gasteiger partial charge in [-0.15, -0.1) is 0 Å². The number of rotatable bonds is 6. The van der Waals surface area contributed by atoms with Gasteiger partial charge < -0.3 is 16.0 Å². The van der Waals surface area contributed by atoms with Crippen LogP contribution in [0.5, 0.6) is 0 Å². The Morgan fingerprint density at radius 3 is 2.48 bits per heavy atom. The first-order valence-electron chi connectivity index (χ1n) is 7.37. The third-order valence-electron chi connectivity index (χ3n) is 3.36. The van der Waals surface area contributed by atoms with Gasteiger partial charge in [-0.1, -0.05) is 29.3 Å². The number of benzene rings is 2. The molecular weight excluding hydrogens is 368 g/mol. The molecule has 0 unspecified atom stereocenters. The number of anilines is 2. The lowest BCUT2D eigenvalue weighted by Gasteiger charge is -2.11. The zero-order valence-electron chi connectivity index (χ0n) is 13.3. The smallest absolute Gasteiger partial charge is 0.243 e. The second kappa shape index (κ2) is 8.69. The lowest BCUT2D eigenvalue weighted by atomic mass is 10.2. The van der Waals surface area contributed by atoms with Gasteiger partial charge in [0.25, 0.3) is 0 Å². The molecule has 2 aromatic carbocycles. The normalized spacial score (nSPS) is 10.2. The minimum absolute atomic E-state index is 0.102. The number of hydrogen-bond donors (Lipinski definition) is 3. The zero-order chi connectivity index (χ0) is 18.4. The summed E-state index contributed by atoms with van der Waals surface area (Å²) in [5, 5.41) is 8.63. The second-order valence-electron chi connectivity index (χ2n) is 5.22. The summed E-state index contributed by atoms with van der Waals surface area (Å²) in [6.07, 6.45) is 0. The Hall–Kier alpha value is -2.31. The molecule has 0 atom stereocenters. The summed E-state index contributed by atoms with van der Waals surface area (Å²) in [4.78, 5) is 23.7. The molecule has 8 heteroatoms. The molecule has 2 rings (SSSR count). The molecular formula is C17H16Cl2FN3O2. The van der Waals surface area contributed by atoms with Crippen molar-refractivity contribution in [2.24, 2.45) is 0 Å². The first kappa shape index (κ1) is 19.0. The van der Waals surface area contributed by atoms with Gasteiger partial charge in [0, 0.05) is 10.7 Å². The molecule has 132 valence electrons. The SMILES string of the molecule is Cc1c(Cl)cccc1NC(=O)CNC(=O)CNc1ccc(F)cc1Cl. The van der Waals surface area contributed by atoms with E-state index in [4.69, 9.17) is 23.2 Å². The fraction of sp³-hybridized carbons (Fsp3) is 0.176. The Kier molecular flexibility index (Phi) is 6.61. The molecule has 0 aliphatic carbocycles. The highest BCUT2D eigenvalue weighted by Crippen LogP contribution is 2.23. The van der Waals surface area contributed by atoms with Crippen molar-refractivity contribution >= 4 is 46.4 Å². The number of amides is 2. The maximum atomic E-state index is 12.9. The molecule has 0 radical (unpaired) electrons. The third kappa shape index (κ3) is 5.62. The predicted octanol–water partition coefficient (Wildman–Crippen LogP) is 3.61.